The van der Waals surface area contributed by atoms with E-state index in [1.165, 1.54) is 0 Å². The monoisotopic (exact) mass is 373 g/mol. The van der Waals surface area contributed by atoms with E-state index in [1.54, 1.807) is 27.6 Å². The summed E-state index contributed by atoms with van der Waals surface area (Å²) in [5.74, 6) is 0.902. The molecule has 0 amide bonds. The summed E-state index contributed by atoms with van der Waals surface area (Å²) in [6.07, 6.45) is 4.54. The number of aromatic nitrogens is 1. The lowest BCUT2D eigenvalue weighted by Crippen LogP contribution is -3.00. The number of hydrogen-bond donors (Lipinski definition) is 0. The number of nitrogens with zero attached hydrogens (tertiary/aromatic N) is 1. The highest BCUT2D eigenvalue weighted by atomic mass is 127. The second-order valence-corrected chi connectivity index (χ2v) is 6.61. The first-order valence-electron chi connectivity index (χ1n) is 5.26. The Morgan fingerprint density at radius 1 is 1.24 bits per heavy atom. The number of hydrogen-bond acceptors (Lipinski definition) is 4. The van der Waals surface area contributed by atoms with Crippen LogP contribution < -0.4 is 28.5 Å². The maximum absolute atomic E-state index is 5.35. The SMILES string of the molecule is CO[Si](CCC[n+]1ccoc1C)(OC)OC.[I-]. The Morgan fingerprint density at radius 2 is 1.82 bits per heavy atom. The van der Waals surface area contributed by atoms with Gasteiger partial charge in [0.1, 0.15) is 0 Å². The lowest BCUT2D eigenvalue weighted by molar-refractivity contribution is -0.706. The highest BCUT2D eigenvalue weighted by Crippen LogP contribution is 2.14. The summed E-state index contributed by atoms with van der Waals surface area (Å²) in [7, 11) is 2.49. The summed E-state index contributed by atoms with van der Waals surface area (Å²) in [5, 5.41) is 0. The molecule has 17 heavy (non-hydrogen) atoms. The largest absolute Gasteiger partial charge is 1.00 e. The van der Waals surface area contributed by atoms with Gasteiger partial charge in [-0.1, -0.05) is 0 Å². The maximum Gasteiger partial charge on any atom is 0.500 e. The lowest BCUT2D eigenvalue weighted by Gasteiger charge is -2.23. The summed E-state index contributed by atoms with van der Waals surface area (Å²) in [4.78, 5) is 0. The molecule has 7 heteroatoms. The Bertz CT molecular complexity index is 309. The van der Waals surface area contributed by atoms with Crippen molar-refractivity contribution in [3.63, 3.8) is 0 Å². The predicted molar refractivity (Wildman–Crippen MR) is 59.8 cm³/mol. The van der Waals surface area contributed by atoms with Crippen molar-refractivity contribution in [3.05, 3.63) is 18.4 Å². The van der Waals surface area contributed by atoms with E-state index in [9.17, 15) is 0 Å². The standard InChI is InChI=1S/C10H20NO4Si.HI/c1-10-11(7-8-15-10)6-5-9-16(12-2,13-3)14-4;/h7-8H,5-6,9H2,1-4H3;1H/q+1;/p-1. The number of halogens is 1. The second kappa shape index (κ2) is 8.19. The normalized spacial score (nSPS) is 11.3. The number of aryl methyl sites for hydroxylation is 2. The summed E-state index contributed by atoms with van der Waals surface area (Å²) < 4.78 is 23.3. The molecule has 1 aromatic rings. The smallest absolute Gasteiger partial charge is 0.500 e. The molecule has 0 saturated carbocycles. The van der Waals surface area contributed by atoms with Crippen LogP contribution in [0.25, 0.3) is 0 Å². The molecule has 1 rings (SSSR count). The van der Waals surface area contributed by atoms with Crippen LogP contribution in [-0.2, 0) is 19.8 Å². The minimum atomic E-state index is -2.41. The van der Waals surface area contributed by atoms with Gasteiger partial charge in [-0.15, -0.1) is 0 Å². The molecule has 0 aliphatic heterocycles. The van der Waals surface area contributed by atoms with Crippen molar-refractivity contribution in [2.24, 2.45) is 0 Å². The van der Waals surface area contributed by atoms with Crippen LogP contribution in [0.3, 0.4) is 0 Å². The molecule has 0 aliphatic rings. The number of rotatable bonds is 7. The average molecular weight is 373 g/mol. The van der Waals surface area contributed by atoms with Crippen LogP contribution in [0.15, 0.2) is 16.9 Å². The molecule has 0 fully saturated rings. The second-order valence-electron chi connectivity index (χ2n) is 3.51. The summed E-state index contributed by atoms with van der Waals surface area (Å²) >= 11 is 0. The molecule has 0 atom stereocenters. The van der Waals surface area contributed by atoms with Crippen LogP contribution in [-0.4, -0.2) is 30.1 Å². The first kappa shape index (κ1) is 17.0. The Morgan fingerprint density at radius 3 is 2.24 bits per heavy atom. The van der Waals surface area contributed by atoms with Crippen molar-refractivity contribution in [3.8, 4) is 0 Å². The minimum absolute atomic E-state index is 0. The van der Waals surface area contributed by atoms with Gasteiger partial charge in [-0.2, -0.15) is 4.57 Å². The maximum atomic E-state index is 5.35. The molecule has 100 valence electrons. The van der Waals surface area contributed by atoms with Gasteiger partial charge in [0.25, 0.3) is 0 Å². The molecule has 1 heterocycles. The summed E-state index contributed by atoms with van der Waals surface area (Å²) in [6, 6.07) is 0.800. The topological polar surface area (TPSA) is 44.7 Å². The lowest BCUT2D eigenvalue weighted by atomic mass is 10.4. The van der Waals surface area contributed by atoms with Crippen molar-refractivity contribution in [2.75, 3.05) is 21.3 Å². The van der Waals surface area contributed by atoms with Gasteiger partial charge in [0, 0.05) is 33.8 Å². The van der Waals surface area contributed by atoms with Gasteiger partial charge >= 0.3 is 14.7 Å². The minimum Gasteiger partial charge on any atom is -1.00 e. The zero-order valence-corrected chi connectivity index (χ0v) is 13.9. The Hall–Kier alpha value is 0.0369. The van der Waals surface area contributed by atoms with Gasteiger partial charge < -0.3 is 41.7 Å². The molecular weight excluding hydrogens is 353 g/mol. The third kappa shape index (κ3) is 4.66. The van der Waals surface area contributed by atoms with E-state index in [4.69, 9.17) is 17.7 Å². The number of oxazole rings is 1. The summed E-state index contributed by atoms with van der Waals surface area (Å²) in [5.41, 5.74) is 0. The first-order valence-corrected chi connectivity index (χ1v) is 7.19. The van der Waals surface area contributed by atoms with Crippen molar-refractivity contribution in [1.29, 1.82) is 0 Å². The molecule has 0 aromatic carbocycles. The molecule has 0 radical (unpaired) electrons. The van der Waals surface area contributed by atoms with Crippen LogP contribution in [0.2, 0.25) is 6.04 Å². The van der Waals surface area contributed by atoms with Gasteiger partial charge in [-0.3, -0.25) is 0 Å². The van der Waals surface area contributed by atoms with E-state index in [1.807, 2.05) is 13.1 Å². The zero-order valence-electron chi connectivity index (χ0n) is 10.7. The Balaban J connectivity index is 0.00000256. The third-order valence-electron chi connectivity index (χ3n) is 2.70. The quantitative estimate of drug-likeness (QED) is 0.320. The first-order chi connectivity index (χ1) is 7.67. The van der Waals surface area contributed by atoms with E-state index in [0.29, 0.717) is 0 Å². The van der Waals surface area contributed by atoms with Crippen molar-refractivity contribution in [2.45, 2.75) is 25.9 Å². The van der Waals surface area contributed by atoms with Crippen molar-refractivity contribution in [1.82, 2.24) is 0 Å². The molecule has 0 N–H and O–H groups in total. The van der Waals surface area contributed by atoms with Crippen molar-refractivity contribution < 1.29 is 46.2 Å². The van der Waals surface area contributed by atoms with Gasteiger partial charge in [0.05, 0.1) is 6.92 Å². The van der Waals surface area contributed by atoms with Gasteiger partial charge in [0.15, 0.2) is 12.8 Å². The molecular formula is C10H20INO4Si. The van der Waals surface area contributed by atoms with E-state index in [-0.39, 0.29) is 24.0 Å². The van der Waals surface area contributed by atoms with Crippen molar-refractivity contribution >= 4 is 8.80 Å². The molecule has 0 aliphatic carbocycles. The van der Waals surface area contributed by atoms with E-state index in [2.05, 4.69) is 4.57 Å². The molecule has 0 bridgehead atoms. The van der Waals surface area contributed by atoms with E-state index in [0.717, 1.165) is 24.9 Å². The van der Waals surface area contributed by atoms with Gasteiger partial charge in [-0.05, 0) is 0 Å². The predicted octanol–water partition coefficient (Wildman–Crippen LogP) is -1.85. The van der Waals surface area contributed by atoms with E-state index < -0.39 is 8.80 Å². The fourth-order valence-electron chi connectivity index (χ4n) is 1.63. The van der Waals surface area contributed by atoms with E-state index >= 15 is 0 Å². The highest BCUT2D eigenvalue weighted by molar-refractivity contribution is 6.60. The average Bonchev–Trinajstić information content (AvgIpc) is 2.71. The molecule has 0 saturated heterocycles. The fourth-order valence-corrected chi connectivity index (χ4v) is 3.33. The van der Waals surface area contributed by atoms with Crippen LogP contribution in [0.1, 0.15) is 12.3 Å². The summed E-state index contributed by atoms with van der Waals surface area (Å²) in [6.45, 7) is 2.82. The van der Waals surface area contributed by atoms with Crippen LogP contribution >= 0.6 is 0 Å². The Labute approximate surface area is 120 Å². The zero-order chi connectivity index (χ0) is 12.0. The third-order valence-corrected chi connectivity index (χ3v) is 5.53. The van der Waals surface area contributed by atoms with Crippen LogP contribution in [0.5, 0.6) is 0 Å². The highest BCUT2D eigenvalue weighted by Gasteiger charge is 2.37. The molecule has 5 nitrogen and oxygen atoms in total. The van der Waals surface area contributed by atoms with Gasteiger partial charge in [0.2, 0.25) is 6.20 Å². The molecule has 0 spiro atoms. The van der Waals surface area contributed by atoms with Crippen LogP contribution in [0, 0.1) is 6.92 Å². The fraction of sp³-hybridized carbons (Fsp3) is 0.700. The Kier molecular flexibility index (Phi) is 8.21. The molecule has 1 aromatic heterocycles. The van der Waals surface area contributed by atoms with Gasteiger partial charge in [-0.25, -0.2) is 0 Å². The van der Waals surface area contributed by atoms with Crippen LogP contribution in [0.4, 0.5) is 0 Å². The molecule has 0 unspecified atom stereocenters.